The molecule has 0 aliphatic carbocycles. The number of halogens is 1. The number of amides is 2. The highest BCUT2D eigenvalue weighted by atomic mass is 35.5. The number of benzene rings is 2. The normalized spacial score (nSPS) is 17.7. The largest absolute Gasteiger partial charge is 0.497 e. The van der Waals surface area contributed by atoms with Gasteiger partial charge in [0.05, 0.1) is 13.2 Å². The van der Waals surface area contributed by atoms with Crippen molar-refractivity contribution in [2.24, 2.45) is 0 Å². The van der Waals surface area contributed by atoms with Crippen LogP contribution in [0.15, 0.2) is 48.5 Å². The lowest BCUT2D eigenvalue weighted by Crippen LogP contribution is -2.38. The van der Waals surface area contributed by atoms with Gasteiger partial charge in [-0.1, -0.05) is 42.6 Å². The molecule has 1 N–H and O–H groups in total. The van der Waals surface area contributed by atoms with Gasteiger partial charge in [0.1, 0.15) is 5.75 Å². The van der Waals surface area contributed by atoms with Gasteiger partial charge >= 0.3 is 6.03 Å². The summed E-state index contributed by atoms with van der Waals surface area (Å²) < 4.78 is 5.24. The fourth-order valence-electron chi connectivity index (χ4n) is 3.29. The van der Waals surface area contributed by atoms with E-state index in [9.17, 15) is 4.79 Å². The SMILES string of the molecule is COc1ccc([C@H]2CCCCCN2C(=O)Nc2cccc(Cl)c2)cc1. The lowest BCUT2D eigenvalue weighted by Gasteiger charge is -2.30. The van der Waals surface area contributed by atoms with Crippen LogP contribution in [0, 0.1) is 0 Å². The van der Waals surface area contributed by atoms with E-state index in [2.05, 4.69) is 17.4 Å². The van der Waals surface area contributed by atoms with Gasteiger partial charge in [-0.25, -0.2) is 4.79 Å². The third kappa shape index (κ3) is 4.45. The Morgan fingerprint density at radius 2 is 1.96 bits per heavy atom. The van der Waals surface area contributed by atoms with Crippen LogP contribution in [0.1, 0.15) is 37.3 Å². The Morgan fingerprint density at radius 3 is 2.68 bits per heavy atom. The van der Waals surface area contributed by atoms with Crippen molar-refractivity contribution < 1.29 is 9.53 Å². The molecule has 5 heteroatoms. The quantitative estimate of drug-likeness (QED) is 0.787. The smallest absolute Gasteiger partial charge is 0.322 e. The van der Waals surface area contributed by atoms with Gasteiger partial charge in [0.2, 0.25) is 0 Å². The summed E-state index contributed by atoms with van der Waals surface area (Å²) in [5.74, 6) is 0.826. The molecule has 1 atom stereocenters. The summed E-state index contributed by atoms with van der Waals surface area (Å²) in [6.45, 7) is 0.753. The van der Waals surface area contributed by atoms with E-state index >= 15 is 0 Å². The Morgan fingerprint density at radius 1 is 1.16 bits per heavy atom. The molecular weight excluding hydrogens is 336 g/mol. The van der Waals surface area contributed by atoms with Crippen LogP contribution in [0.25, 0.3) is 0 Å². The van der Waals surface area contributed by atoms with Gasteiger partial charge in [0.25, 0.3) is 0 Å². The van der Waals surface area contributed by atoms with E-state index < -0.39 is 0 Å². The van der Waals surface area contributed by atoms with E-state index in [4.69, 9.17) is 16.3 Å². The lowest BCUT2D eigenvalue weighted by atomic mass is 10.0. The third-order valence-electron chi connectivity index (χ3n) is 4.59. The lowest BCUT2D eigenvalue weighted by molar-refractivity contribution is 0.189. The minimum Gasteiger partial charge on any atom is -0.497 e. The predicted octanol–water partition coefficient (Wildman–Crippen LogP) is 5.50. The van der Waals surface area contributed by atoms with Gasteiger partial charge in [-0.15, -0.1) is 0 Å². The molecule has 25 heavy (non-hydrogen) atoms. The molecule has 2 amide bonds. The molecule has 2 aromatic carbocycles. The first-order chi connectivity index (χ1) is 12.2. The van der Waals surface area contributed by atoms with Gasteiger partial charge in [-0.05, 0) is 48.7 Å². The summed E-state index contributed by atoms with van der Waals surface area (Å²) in [6, 6.07) is 15.2. The van der Waals surface area contributed by atoms with E-state index in [0.29, 0.717) is 5.02 Å². The summed E-state index contributed by atoms with van der Waals surface area (Å²) in [6.07, 6.45) is 4.26. The predicted molar refractivity (Wildman–Crippen MR) is 101 cm³/mol. The molecule has 0 unspecified atom stereocenters. The Balaban J connectivity index is 1.80. The Hall–Kier alpha value is -2.20. The summed E-state index contributed by atoms with van der Waals surface area (Å²) in [7, 11) is 1.66. The number of rotatable bonds is 3. The zero-order valence-electron chi connectivity index (χ0n) is 14.4. The average Bonchev–Trinajstić information content (AvgIpc) is 2.88. The van der Waals surface area contributed by atoms with Crippen LogP contribution in [0.4, 0.5) is 10.5 Å². The van der Waals surface area contributed by atoms with E-state index in [1.165, 1.54) is 0 Å². The highest BCUT2D eigenvalue weighted by Crippen LogP contribution is 2.31. The molecule has 4 nitrogen and oxygen atoms in total. The maximum atomic E-state index is 12.9. The number of nitrogens with zero attached hydrogens (tertiary/aromatic N) is 1. The first-order valence-corrected chi connectivity index (χ1v) is 9.02. The fraction of sp³-hybridized carbons (Fsp3) is 0.350. The van der Waals surface area contributed by atoms with E-state index in [0.717, 1.165) is 49.2 Å². The number of hydrogen-bond donors (Lipinski definition) is 1. The number of nitrogens with one attached hydrogen (secondary N) is 1. The molecule has 2 aromatic rings. The summed E-state index contributed by atoms with van der Waals surface area (Å²) in [5.41, 5.74) is 1.86. The molecule has 1 saturated heterocycles. The Bertz CT molecular complexity index is 718. The van der Waals surface area contributed by atoms with Gasteiger partial charge < -0.3 is 15.0 Å². The topological polar surface area (TPSA) is 41.6 Å². The van der Waals surface area contributed by atoms with Crippen molar-refractivity contribution in [2.75, 3.05) is 19.0 Å². The van der Waals surface area contributed by atoms with Crippen molar-refractivity contribution in [3.63, 3.8) is 0 Å². The first kappa shape index (κ1) is 17.6. The van der Waals surface area contributed by atoms with Gasteiger partial charge in [0.15, 0.2) is 0 Å². The van der Waals surface area contributed by atoms with Crippen molar-refractivity contribution in [1.29, 1.82) is 0 Å². The second-order valence-electron chi connectivity index (χ2n) is 6.27. The van der Waals surface area contributed by atoms with Crippen LogP contribution in [-0.2, 0) is 0 Å². The van der Waals surface area contributed by atoms with Crippen molar-refractivity contribution in [1.82, 2.24) is 4.90 Å². The molecule has 0 saturated carbocycles. The molecule has 0 bridgehead atoms. The second-order valence-corrected chi connectivity index (χ2v) is 6.71. The van der Waals surface area contributed by atoms with Crippen LogP contribution in [0.5, 0.6) is 5.75 Å². The van der Waals surface area contributed by atoms with Crippen molar-refractivity contribution in [3.05, 3.63) is 59.1 Å². The van der Waals surface area contributed by atoms with E-state index in [1.54, 1.807) is 19.2 Å². The number of ether oxygens (including phenoxy) is 1. The number of methoxy groups -OCH3 is 1. The zero-order valence-corrected chi connectivity index (χ0v) is 15.1. The Kier molecular flexibility index (Phi) is 5.82. The van der Waals surface area contributed by atoms with Crippen molar-refractivity contribution >= 4 is 23.3 Å². The third-order valence-corrected chi connectivity index (χ3v) is 4.83. The number of likely N-dealkylation sites (tertiary alicyclic amines) is 1. The van der Waals surface area contributed by atoms with Crippen LogP contribution >= 0.6 is 11.6 Å². The van der Waals surface area contributed by atoms with Crippen molar-refractivity contribution in [2.45, 2.75) is 31.7 Å². The van der Waals surface area contributed by atoms with Gasteiger partial charge in [-0.3, -0.25) is 0 Å². The van der Waals surface area contributed by atoms with Crippen LogP contribution < -0.4 is 10.1 Å². The molecule has 132 valence electrons. The first-order valence-electron chi connectivity index (χ1n) is 8.64. The highest BCUT2D eigenvalue weighted by molar-refractivity contribution is 6.30. The maximum absolute atomic E-state index is 12.9. The standard InChI is InChI=1S/C20H23ClN2O2/c1-25-18-11-9-15(10-12-18)19-8-3-2-4-13-23(19)20(24)22-17-7-5-6-16(21)14-17/h5-7,9-12,14,19H,2-4,8,13H2,1H3,(H,22,24)/t19-/m1/s1. The van der Waals surface area contributed by atoms with Crippen LogP contribution in [0.2, 0.25) is 5.02 Å². The monoisotopic (exact) mass is 358 g/mol. The molecule has 0 aromatic heterocycles. The van der Waals surface area contributed by atoms with Gasteiger partial charge in [0, 0.05) is 17.3 Å². The molecule has 1 aliphatic heterocycles. The van der Waals surface area contributed by atoms with E-state index in [-0.39, 0.29) is 12.1 Å². The second kappa shape index (κ2) is 8.26. The maximum Gasteiger partial charge on any atom is 0.322 e. The van der Waals surface area contributed by atoms with E-state index in [1.807, 2.05) is 29.2 Å². The zero-order chi connectivity index (χ0) is 17.6. The van der Waals surface area contributed by atoms with Gasteiger partial charge in [-0.2, -0.15) is 0 Å². The molecule has 1 fully saturated rings. The van der Waals surface area contributed by atoms with Crippen LogP contribution in [-0.4, -0.2) is 24.6 Å². The molecular formula is C20H23ClN2O2. The molecule has 0 spiro atoms. The number of anilines is 1. The molecule has 1 heterocycles. The van der Waals surface area contributed by atoms with Crippen LogP contribution in [0.3, 0.4) is 0 Å². The number of carbonyl (C=O) groups excluding carboxylic acids is 1. The molecule has 0 radical (unpaired) electrons. The molecule has 1 aliphatic rings. The van der Waals surface area contributed by atoms with Crippen molar-refractivity contribution in [3.8, 4) is 5.75 Å². The summed E-state index contributed by atoms with van der Waals surface area (Å²) >= 11 is 6.02. The minimum absolute atomic E-state index is 0.0765. The highest BCUT2D eigenvalue weighted by Gasteiger charge is 2.26. The number of urea groups is 1. The summed E-state index contributed by atoms with van der Waals surface area (Å²) in [4.78, 5) is 14.8. The average molecular weight is 359 g/mol. The number of carbonyl (C=O) groups is 1. The minimum atomic E-state index is -0.0787. The number of hydrogen-bond acceptors (Lipinski definition) is 2. The summed E-state index contributed by atoms with van der Waals surface area (Å²) in [5, 5.41) is 3.59. The molecule has 3 rings (SSSR count). The Labute approximate surface area is 153 Å². The fourth-order valence-corrected chi connectivity index (χ4v) is 3.48.